The second kappa shape index (κ2) is 4.08. The van der Waals surface area contributed by atoms with Crippen molar-refractivity contribution in [3.63, 3.8) is 0 Å². The van der Waals surface area contributed by atoms with Crippen LogP contribution in [-0.2, 0) is 0 Å². The number of piperazine rings is 1. The Morgan fingerprint density at radius 2 is 1.29 bits per heavy atom. The minimum atomic E-state index is -1.04. The summed E-state index contributed by atoms with van der Waals surface area (Å²) in [6.07, 6.45) is 0. The normalized spacial score (nSPS) is 23.9. The summed E-state index contributed by atoms with van der Waals surface area (Å²) in [6.45, 7) is 19.3. The standard InChI is InChI=1S/C11H27N2P/c1-11(2,3)12-7-9-13(10-8-12)14(4,5)6/h14H,7-10H2,1-6H3. The Labute approximate surface area is 90.0 Å². The molecule has 0 saturated carbocycles. The molecule has 0 atom stereocenters. The average Bonchev–Trinajstić information content (AvgIpc) is 2.01. The molecule has 0 amide bonds. The molecule has 1 heterocycles. The van der Waals surface area contributed by atoms with E-state index in [1.54, 1.807) is 0 Å². The molecular weight excluding hydrogens is 191 g/mol. The number of hydrogen-bond donors (Lipinski definition) is 0. The monoisotopic (exact) mass is 218 g/mol. The van der Waals surface area contributed by atoms with E-state index in [0.717, 1.165) is 0 Å². The van der Waals surface area contributed by atoms with Crippen LogP contribution in [0.15, 0.2) is 0 Å². The Balaban J connectivity index is 2.47. The summed E-state index contributed by atoms with van der Waals surface area (Å²) < 4.78 is 2.72. The van der Waals surface area contributed by atoms with Crippen LogP contribution in [-0.4, -0.2) is 61.3 Å². The Bertz CT molecular complexity index is 160. The van der Waals surface area contributed by atoms with Gasteiger partial charge in [-0.15, -0.1) is 0 Å². The van der Waals surface area contributed by atoms with E-state index in [4.69, 9.17) is 0 Å². The molecule has 0 spiro atoms. The van der Waals surface area contributed by atoms with E-state index in [0.29, 0.717) is 5.54 Å². The van der Waals surface area contributed by atoms with Crippen LogP contribution >= 0.6 is 7.41 Å². The zero-order valence-corrected chi connectivity index (χ0v) is 11.7. The molecule has 0 aromatic carbocycles. The van der Waals surface area contributed by atoms with Gasteiger partial charge in [0.15, 0.2) is 0 Å². The first-order valence-electron chi connectivity index (χ1n) is 5.71. The van der Waals surface area contributed by atoms with Crippen molar-refractivity contribution in [1.82, 2.24) is 9.57 Å². The third-order valence-corrected chi connectivity index (χ3v) is 5.52. The van der Waals surface area contributed by atoms with Gasteiger partial charge in [-0.2, -0.15) is 0 Å². The number of rotatable bonds is 1. The van der Waals surface area contributed by atoms with Crippen LogP contribution in [0.1, 0.15) is 20.8 Å². The van der Waals surface area contributed by atoms with Crippen LogP contribution in [0, 0.1) is 0 Å². The van der Waals surface area contributed by atoms with Crippen LogP contribution in [0.3, 0.4) is 0 Å². The Morgan fingerprint density at radius 1 is 0.857 bits per heavy atom. The van der Waals surface area contributed by atoms with Gasteiger partial charge in [0.05, 0.1) is 0 Å². The molecule has 86 valence electrons. The molecule has 0 unspecified atom stereocenters. The molecule has 0 aromatic rings. The molecule has 1 aliphatic rings. The van der Waals surface area contributed by atoms with Gasteiger partial charge >= 0.3 is 89.5 Å². The van der Waals surface area contributed by atoms with E-state index in [1.807, 2.05) is 0 Å². The van der Waals surface area contributed by atoms with Crippen LogP contribution in [0.2, 0.25) is 0 Å². The molecule has 0 aromatic heterocycles. The first-order chi connectivity index (χ1) is 6.21. The van der Waals surface area contributed by atoms with E-state index >= 15 is 0 Å². The van der Waals surface area contributed by atoms with E-state index in [9.17, 15) is 0 Å². The zero-order valence-electron chi connectivity index (χ0n) is 10.7. The van der Waals surface area contributed by atoms with Gasteiger partial charge in [-0.25, -0.2) is 0 Å². The van der Waals surface area contributed by atoms with Crippen LogP contribution in [0.4, 0.5) is 0 Å². The molecule has 0 N–H and O–H groups in total. The second-order valence-corrected chi connectivity index (χ2v) is 11.3. The minimum absolute atomic E-state index is 0.353. The molecule has 2 nitrogen and oxygen atoms in total. The molecule has 0 aliphatic carbocycles. The van der Waals surface area contributed by atoms with Gasteiger partial charge in [-0.1, -0.05) is 0 Å². The number of nitrogens with zero attached hydrogens (tertiary/aromatic N) is 2. The summed E-state index contributed by atoms with van der Waals surface area (Å²) in [7, 11) is -1.04. The predicted octanol–water partition coefficient (Wildman–Crippen LogP) is 1.96. The molecule has 1 rings (SSSR count). The average molecular weight is 218 g/mol. The maximum atomic E-state index is 2.72. The van der Waals surface area contributed by atoms with Crippen molar-refractivity contribution in [3.8, 4) is 0 Å². The van der Waals surface area contributed by atoms with E-state index in [2.05, 4.69) is 50.3 Å². The Kier molecular flexibility index (Phi) is 3.62. The van der Waals surface area contributed by atoms with Crippen molar-refractivity contribution in [2.75, 3.05) is 46.2 Å². The maximum absolute atomic E-state index is 2.72. The van der Waals surface area contributed by atoms with Crippen molar-refractivity contribution >= 4 is 7.41 Å². The zero-order chi connectivity index (χ0) is 11.0. The summed E-state index contributed by atoms with van der Waals surface area (Å²) in [5.74, 6) is 0. The first-order valence-corrected chi connectivity index (χ1v) is 9.16. The summed E-state index contributed by atoms with van der Waals surface area (Å²) in [5.41, 5.74) is 0.353. The van der Waals surface area contributed by atoms with Crippen molar-refractivity contribution < 1.29 is 0 Å². The quantitative estimate of drug-likeness (QED) is 0.621. The second-order valence-electron chi connectivity index (χ2n) is 6.32. The SMILES string of the molecule is CC(C)(C)N1CCN([PH](C)(C)C)CC1. The Morgan fingerprint density at radius 3 is 1.57 bits per heavy atom. The van der Waals surface area contributed by atoms with Crippen LogP contribution in [0.25, 0.3) is 0 Å². The van der Waals surface area contributed by atoms with E-state index < -0.39 is 7.41 Å². The van der Waals surface area contributed by atoms with Gasteiger partial charge < -0.3 is 0 Å². The van der Waals surface area contributed by atoms with Gasteiger partial charge in [0.1, 0.15) is 0 Å². The molecule has 1 fully saturated rings. The Hall–Kier alpha value is 0.350. The first kappa shape index (κ1) is 12.4. The molecule has 0 radical (unpaired) electrons. The van der Waals surface area contributed by atoms with Crippen LogP contribution < -0.4 is 0 Å². The van der Waals surface area contributed by atoms with Gasteiger partial charge in [0.25, 0.3) is 0 Å². The van der Waals surface area contributed by atoms with Gasteiger partial charge in [0.2, 0.25) is 0 Å². The fraction of sp³-hybridized carbons (Fsp3) is 1.00. The summed E-state index contributed by atoms with van der Waals surface area (Å²) in [5, 5.41) is 0. The van der Waals surface area contributed by atoms with Crippen molar-refractivity contribution in [2.24, 2.45) is 0 Å². The van der Waals surface area contributed by atoms with E-state index in [-0.39, 0.29) is 0 Å². The fourth-order valence-corrected chi connectivity index (χ4v) is 3.59. The molecule has 3 heteroatoms. The molecule has 1 saturated heterocycles. The summed E-state index contributed by atoms with van der Waals surface area (Å²) in [6, 6.07) is 0. The van der Waals surface area contributed by atoms with Crippen molar-refractivity contribution in [1.29, 1.82) is 0 Å². The van der Waals surface area contributed by atoms with Gasteiger partial charge in [-0.05, 0) is 0 Å². The van der Waals surface area contributed by atoms with Crippen molar-refractivity contribution in [3.05, 3.63) is 0 Å². The molecule has 1 aliphatic heterocycles. The van der Waals surface area contributed by atoms with E-state index in [1.165, 1.54) is 26.2 Å². The topological polar surface area (TPSA) is 6.48 Å². The van der Waals surface area contributed by atoms with Crippen molar-refractivity contribution in [2.45, 2.75) is 26.3 Å². The number of hydrogen-bond acceptors (Lipinski definition) is 2. The van der Waals surface area contributed by atoms with Crippen LogP contribution in [0.5, 0.6) is 0 Å². The summed E-state index contributed by atoms with van der Waals surface area (Å²) in [4.78, 5) is 2.60. The third kappa shape index (κ3) is 3.18. The molecule has 0 bridgehead atoms. The summed E-state index contributed by atoms with van der Waals surface area (Å²) >= 11 is 0. The molecular formula is C11H27N2P. The predicted molar refractivity (Wildman–Crippen MR) is 69.0 cm³/mol. The van der Waals surface area contributed by atoms with Gasteiger partial charge in [0, 0.05) is 0 Å². The third-order valence-electron chi connectivity index (χ3n) is 3.18. The van der Waals surface area contributed by atoms with Gasteiger partial charge in [-0.3, -0.25) is 0 Å². The molecule has 14 heavy (non-hydrogen) atoms. The fourth-order valence-electron chi connectivity index (χ4n) is 2.05.